The molecule has 0 aliphatic carbocycles. The van der Waals surface area contributed by atoms with Crippen molar-refractivity contribution in [3.05, 3.63) is 0 Å². The van der Waals surface area contributed by atoms with Crippen LogP contribution in [0.4, 0.5) is 0 Å². The molecule has 0 rings (SSSR count). The largest absolute Gasteiger partial charge is 0.342 e. The lowest BCUT2D eigenvalue weighted by Gasteiger charge is -2.14. The van der Waals surface area contributed by atoms with E-state index in [1.54, 1.807) is 0 Å². The Balaban J connectivity index is 4.10. The van der Waals surface area contributed by atoms with Crippen molar-refractivity contribution in [1.82, 2.24) is 0 Å². The summed E-state index contributed by atoms with van der Waals surface area (Å²) in [6.45, 7) is 0.344. The van der Waals surface area contributed by atoms with Crippen LogP contribution in [0.5, 0.6) is 0 Å². The molecule has 0 amide bonds. The van der Waals surface area contributed by atoms with Gasteiger partial charge in [-0.05, 0) is 0 Å². The molecule has 0 saturated carbocycles. The van der Waals surface area contributed by atoms with Crippen molar-refractivity contribution in [3.8, 4) is 37.0 Å². The van der Waals surface area contributed by atoms with E-state index < -0.39 is 7.60 Å². The van der Waals surface area contributed by atoms with Crippen molar-refractivity contribution in [2.45, 2.75) is 12.8 Å². The summed E-state index contributed by atoms with van der Waals surface area (Å²) >= 11 is 0. The van der Waals surface area contributed by atoms with Gasteiger partial charge in [0.2, 0.25) is 0 Å². The van der Waals surface area contributed by atoms with Gasteiger partial charge in [-0.2, -0.15) is 0 Å². The molecule has 0 aliphatic rings. The zero-order chi connectivity index (χ0) is 11.6. The molecule has 0 unspecified atom stereocenters. The van der Waals surface area contributed by atoms with E-state index in [0.717, 1.165) is 0 Å². The van der Waals surface area contributed by atoms with E-state index in [0.29, 0.717) is 12.8 Å². The van der Waals surface area contributed by atoms with Crippen LogP contribution in [0.3, 0.4) is 0 Å². The van der Waals surface area contributed by atoms with Gasteiger partial charge in [-0.1, -0.05) is 5.92 Å². The van der Waals surface area contributed by atoms with E-state index in [4.69, 9.17) is 28.3 Å². The summed E-state index contributed by atoms with van der Waals surface area (Å²) in [5.41, 5.74) is 0. The Morgan fingerprint density at radius 2 is 1.40 bits per heavy atom. The molecule has 80 valence electrons. The lowest BCUT2D eigenvalue weighted by atomic mass is 10.5. The highest BCUT2D eigenvalue weighted by molar-refractivity contribution is 7.54. The maximum absolute atomic E-state index is 11.8. The summed E-state index contributed by atoms with van der Waals surface area (Å²) in [7, 11) is -3.21. The predicted octanol–water partition coefficient (Wildman–Crippen LogP) is 1.89. The van der Waals surface area contributed by atoms with E-state index in [1.807, 2.05) is 0 Å². The molecule has 0 aromatic heterocycles. The molecular weight excluding hydrogens is 211 g/mol. The molecule has 0 fully saturated rings. The van der Waals surface area contributed by atoms with Crippen molar-refractivity contribution < 1.29 is 13.6 Å². The first-order valence-corrected chi connectivity index (χ1v) is 6.10. The molecule has 0 aromatic rings. The Kier molecular flexibility index (Phi) is 7.53. The Bertz CT molecular complexity index is 316. The van der Waals surface area contributed by atoms with Gasteiger partial charge in [0, 0.05) is 12.8 Å². The van der Waals surface area contributed by atoms with Crippen LogP contribution in [0.2, 0.25) is 0 Å². The smallest absolute Gasteiger partial charge is 0.307 e. The fourth-order valence-corrected chi connectivity index (χ4v) is 1.95. The monoisotopic (exact) mass is 224 g/mol. The molecule has 0 radical (unpaired) electrons. The van der Waals surface area contributed by atoms with E-state index >= 15 is 0 Å². The summed E-state index contributed by atoms with van der Waals surface area (Å²) in [4.78, 5) is 0. The van der Waals surface area contributed by atoms with Crippen LogP contribution in [0, 0.1) is 37.0 Å². The van der Waals surface area contributed by atoms with Gasteiger partial charge in [0.1, 0.15) is 6.16 Å². The number of rotatable bonds is 7. The normalized spacial score (nSPS) is 9.93. The highest BCUT2D eigenvalue weighted by atomic mass is 31.2. The summed E-state index contributed by atoms with van der Waals surface area (Å²) in [5, 5.41) is 0. The third-order valence-corrected chi connectivity index (χ3v) is 3.08. The van der Waals surface area contributed by atoms with Gasteiger partial charge in [0.25, 0.3) is 0 Å². The summed E-state index contributed by atoms with van der Waals surface area (Å²) < 4.78 is 21.9. The van der Waals surface area contributed by atoms with Gasteiger partial charge in [0.15, 0.2) is 0 Å². The van der Waals surface area contributed by atoms with Crippen LogP contribution in [-0.2, 0) is 13.6 Å². The zero-order valence-electron chi connectivity index (χ0n) is 8.44. The average Bonchev–Trinajstić information content (AvgIpc) is 2.19. The van der Waals surface area contributed by atoms with E-state index in [9.17, 15) is 4.57 Å². The maximum atomic E-state index is 11.8. The molecule has 0 saturated heterocycles. The first kappa shape index (κ1) is 13.8. The molecule has 0 bridgehead atoms. The van der Waals surface area contributed by atoms with Gasteiger partial charge >= 0.3 is 7.60 Å². The topological polar surface area (TPSA) is 35.5 Å². The maximum Gasteiger partial charge on any atom is 0.342 e. The minimum Gasteiger partial charge on any atom is -0.307 e. The van der Waals surface area contributed by atoms with Crippen molar-refractivity contribution >= 4 is 7.60 Å². The van der Waals surface area contributed by atoms with E-state index in [2.05, 4.69) is 17.8 Å². The quantitative estimate of drug-likeness (QED) is 0.376. The number of hydrogen-bond donors (Lipinski definition) is 0. The van der Waals surface area contributed by atoms with Gasteiger partial charge in [-0.3, -0.25) is 4.57 Å². The molecule has 0 heterocycles. The fourth-order valence-electron chi connectivity index (χ4n) is 0.728. The Hall–Kier alpha value is -1.17. The highest BCUT2D eigenvalue weighted by Gasteiger charge is 2.22. The molecule has 3 nitrogen and oxygen atoms in total. The van der Waals surface area contributed by atoms with Gasteiger partial charge < -0.3 is 9.05 Å². The molecule has 0 N–H and O–H groups in total. The first-order chi connectivity index (χ1) is 7.18. The van der Waals surface area contributed by atoms with Crippen LogP contribution in [0.15, 0.2) is 0 Å². The van der Waals surface area contributed by atoms with Crippen LogP contribution in [-0.4, -0.2) is 19.4 Å². The summed E-state index contributed by atoms with van der Waals surface area (Å²) in [6, 6.07) is 0. The van der Waals surface area contributed by atoms with Crippen LogP contribution in [0.25, 0.3) is 0 Å². The molecule has 0 spiro atoms. The SMILES string of the molecule is C#CCCOP(=O)(CC#C)OCCC#C. The van der Waals surface area contributed by atoms with E-state index in [-0.39, 0.29) is 19.4 Å². The minimum atomic E-state index is -3.21. The highest BCUT2D eigenvalue weighted by Crippen LogP contribution is 2.47. The zero-order valence-corrected chi connectivity index (χ0v) is 9.33. The molecule has 4 heteroatoms. The first-order valence-electron chi connectivity index (χ1n) is 4.37. The van der Waals surface area contributed by atoms with Crippen LogP contribution in [0.1, 0.15) is 12.8 Å². The minimum absolute atomic E-state index is 0.0673. The summed E-state index contributed by atoms with van der Waals surface area (Å²) in [5.74, 6) is 6.97. The third-order valence-electron chi connectivity index (χ3n) is 1.35. The van der Waals surface area contributed by atoms with Crippen LogP contribution >= 0.6 is 7.60 Å². The van der Waals surface area contributed by atoms with Gasteiger partial charge in [0.05, 0.1) is 13.2 Å². The Morgan fingerprint density at radius 1 is 0.933 bits per heavy atom. The second-order valence-electron chi connectivity index (χ2n) is 2.55. The summed E-state index contributed by atoms with van der Waals surface area (Å²) in [6.07, 6.45) is 15.8. The van der Waals surface area contributed by atoms with Crippen LogP contribution < -0.4 is 0 Å². The van der Waals surface area contributed by atoms with Crippen molar-refractivity contribution in [3.63, 3.8) is 0 Å². The molecular formula is C11H13O3P. The number of terminal acetylenes is 3. The van der Waals surface area contributed by atoms with Crippen molar-refractivity contribution in [2.24, 2.45) is 0 Å². The molecule has 0 aliphatic heterocycles. The van der Waals surface area contributed by atoms with Gasteiger partial charge in [-0.15, -0.1) is 31.1 Å². The second-order valence-corrected chi connectivity index (χ2v) is 4.60. The standard InChI is InChI=1S/C11H13O3P/c1-4-7-9-13-15(12,11-6-3)14-10-8-5-2/h1-3H,7-11H2. The fraction of sp³-hybridized carbons (Fsp3) is 0.455. The van der Waals surface area contributed by atoms with Gasteiger partial charge in [-0.25, -0.2) is 0 Å². The van der Waals surface area contributed by atoms with E-state index in [1.165, 1.54) is 0 Å². The molecule has 15 heavy (non-hydrogen) atoms. The average molecular weight is 224 g/mol. The molecule has 0 aromatic carbocycles. The lowest BCUT2D eigenvalue weighted by molar-refractivity contribution is 0.213. The third kappa shape index (κ3) is 6.84. The van der Waals surface area contributed by atoms with Crippen molar-refractivity contribution in [2.75, 3.05) is 19.4 Å². The Labute approximate surface area is 91.1 Å². The lowest BCUT2D eigenvalue weighted by Crippen LogP contribution is -2.01. The predicted molar refractivity (Wildman–Crippen MR) is 60.1 cm³/mol. The number of hydrogen-bond acceptors (Lipinski definition) is 3. The van der Waals surface area contributed by atoms with Crippen molar-refractivity contribution in [1.29, 1.82) is 0 Å². The molecule has 0 atom stereocenters. The Morgan fingerprint density at radius 3 is 1.73 bits per heavy atom. The second kappa shape index (κ2) is 8.16.